The van der Waals surface area contributed by atoms with Gasteiger partial charge in [-0.3, -0.25) is 14.9 Å². The molecule has 7 nitrogen and oxygen atoms in total. The molecule has 2 aromatic carbocycles. The molecule has 1 atom stereocenters. The fourth-order valence-corrected chi connectivity index (χ4v) is 4.75. The fourth-order valence-electron chi connectivity index (χ4n) is 4.75. The summed E-state index contributed by atoms with van der Waals surface area (Å²) in [5, 5.41) is 18.3. The molecular formula is C27H26N4O3. The normalized spacial score (nSPS) is 15.0. The highest BCUT2D eigenvalue weighted by Crippen LogP contribution is 2.46. The average molecular weight is 455 g/mol. The average Bonchev–Trinajstić information content (AvgIpc) is 3.34. The Balaban J connectivity index is 1.66. The van der Waals surface area contributed by atoms with Gasteiger partial charge in [0.1, 0.15) is 22.9 Å². The predicted molar refractivity (Wildman–Crippen MR) is 129 cm³/mol. The molecule has 0 saturated heterocycles. The standard InChI is InChI=1S/C27H26N4O3/c1-4-34-20-9-7-19(8-10-20)26-23-24(22-17(3)12-16(2)13-21(22)32)29-30-25(23)27(33)31(26)15-18-6-5-11-28-14-18/h5-14,26,32H,4,15H2,1-3H3,(H,29,30). The number of pyridine rings is 1. The second kappa shape index (κ2) is 8.67. The van der Waals surface area contributed by atoms with Crippen LogP contribution in [-0.4, -0.2) is 37.7 Å². The van der Waals surface area contributed by atoms with Crippen LogP contribution in [0.25, 0.3) is 11.3 Å². The smallest absolute Gasteiger partial charge is 0.273 e. The van der Waals surface area contributed by atoms with Crippen LogP contribution in [0, 0.1) is 13.8 Å². The number of nitrogens with one attached hydrogen (secondary N) is 1. The minimum absolute atomic E-state index is 0.138. The van der Waals surface area contributed by atoms with Gasteiger partial charge in [-0.15, -0.1) is 0 Å². The summed E-state index contributed by atoms with van der Waals surface area (Å²) < 4.78 is 5.62. The molecule has 0 aliphatic carbocycles. The molecular weight excluding hydrogens is 428 g/mol. The number of carbonyl (C=O) groups excluding carboxylic acids is 1. The highest BCUT2D eigenvalue weighted by molar-refractivity contribution is 6.00. The van der Waals surface area contributed by atoms with Crippen LogP contribution in [0.4, 0.5) is 0 Å². The van der Waals surface area contributed by atoms with Crippen molar-refractivity contribution < 1.29 is 14.6 Å². The minimum atomic E-state index is -0.382. The van der Waals surface area contributed by atoms with E-state index in [1.54, 1.807) is 18.5 Å². The summed E-state index contributed by atoms with van der Waals surface area (Å²) in [6.07, 6.45) is 3.48. The Morgan fingerprint density at radius 2 is 1.94 bits per heavy atom. The molecule has 1 aliphatic rings. The summed E-state index contributed by atoms with van der Waals surface area (Å²) in [5.41, 5.74) is 6.16. The van der Waals surface area contributed by atoms with Crippen molar-refractivity contribution in [3.05, 3.63) is 94.4 Å². The predicted octanol–water partition coefficient (Wildman–Crippen LogP) is 4.94. The number of fused-ring (bicyclic) bond motifs is 1. The van der Waals surface area contributed by atoms with Gasteiger partial charge in [-0.1, -0.05) is 24.3 Å². The number of hydrogen-bond donors (Lipinski definition) is 2. The number of aryl methyl sites for hydroxylation is 2. The van der Waals surface area contributed by atoms with Gasteiger partial charge in [0, 0.05) is 30.1 Å². The van der Waals surface area contributed by atoms with Crippen molar-refractivity contribution in [2.24, 2.45) is 0 Å². The Kier molecular flexibility index (Phi) is 5.53. The molecule has 1 aliphatic heterocycles. The van der Waals surface area contributed by atoms with E-state index >= 15 is 0 Å². The highest BCUT2D eigenvalue weighted by atomic mass is 16.5. The van der Waals surface area contributed by atoms with Gasteiger partial charge in [-0.2, -0.15) is 5.10 Å². The molecule has 0 spiro atoms. The first-order chi connectivity index (χ1) is 16.5. The summed E-state index contributed by atoms with van der Waals surface area (Å²) in [4.78, 5) is 19.6. The van der Waals surface area contributed by atoms with Crippen molar-refractivity contribution in [1.82, 2.24) is 20.1 Å². The number of carbonyl (C=O) groups is 1. The number of hydrogen-bond acceptors (Lipinski definition) is 5. The molecule has 1 amide bonds. The summed E-state index contributed by atoms with van der Waals surface area (Å²) in [7, 11) is 0. The van der Waals surface area contributed by atoms with Crippen molar-refractivity contribution in [2.75, 3.05) is 6.61 Å². The number of aromatic hydroxyl groups is 1. The zero-order valence-corrected chi connectivity index (χ0v) is 19.4. The maximum atomic E-state index is 13.6. The monoisotopic (exact) mass is 454 g/mol. The maximum Gasteiger partial charge on any atom is 0.273 e. The lowest BCUT2D eigenvalue weighted by atomic mass is 9.93. The number of H-pyrrole nitrogens is 1. The van der Waals surface area contributed by atoms with E-state index in [-0.39, 0.29) is 17.7 Å². The minimum Gasteiger partial charge on any atom is -0.507 e. The number of ether oxygens (including phenoxy) is 1. The lowest BCUT2D eigenvalue weighted by Crippen LogP contribution is -2.29. The van der Waals surface area contributed by atoms with E-state index in [9.17, 15) is 9.90 Å². The molecule has 0 fully saturated rings. The highest BCUT2D eigenvalue weighted by Gasteiger charge is 2.42. The van der Waals surface area contributed by atoms with Crippen LogP contribution in [0.5, 0.6) is 11.5 Å². The Morgan fingerprint density at radius 3 is 2.62 bits per heavy atom. The van der Waals surface area contributed by atoms with Gasteiger partial charge in [0.05, 0.1) is 12.6 Å². The van der Waals surface area contributed by atoms with Crippen molar-refractivity contribution in [3.63, 3.8) is 0 Å². The Labute approximate surface area is 198 Å². The van der Waals surface area contributed by atoms with E-state index in [0.29, 0.717) is 30.1 Å². The lowest BCUT2D eigenvalue weighted by Gasteiger charge is -2.27. The van der Waals surface area contributed by atoms with E-state index in [4.69, 9.17) is 4.74 Å². The molecule has 34 heavy (non-hydrogen) atoms. The molecule has 5 rings (SSSR count). The molecule has 0 saturated carbocycles. The van der Waals surface area contributed by atoms with Gasteiger partial charge in [0.25, 0.3) is 5.91 Å². The number of phenolic OH excluding ortho intramolecular Hbond substituents is 1. The van der Waals surface area contributed by atoms with E-state index in [2.05, 4.69) is 15.2 Å². The molecule has 2 aromatic heterocycles. The van der Waals surface area contributed by atoms with Crippen LogP contribution in [0.1, 0.15) is 51.3 Å². The second-order valence-electron chi connectivity index (χ2n) is 8.54. The van der Waals surface area contributed by atoms with Crippen LogP contribution >= 0.6 is 0 Å². The summed E-state index contributed by atoms with van der Waals surface area (Å²) in [5.74, 6) is 0.783. The van der Waals surface area contributed by atoms with E-state index < -0.39 is 0 Å². The van der Waals surface area contributed by atoms with Crippen molar-refractivity contribution in [1.29, 1.82) is 0 Å². The first-order valence-corrected chi connectivity index (χ1v) is 11.3. The third kappa shape index (κ3) is 3.69. The van der Waals surface area contributed by atoms with Gasteiger partial charge in [-0.05, 0) is 67.3 Å². The molecule has 0 radical (unpaired) electrons. The number of nitrogens with zero attached hydrogens (tertiary/aromatic N) is 3. The van der Waals surface area contributed by atoms with Crippen LogP contribution < -0.4 is 4.74 Å². The lowest BCUT2D eigenvalue weighted by molar-refractivity contribution is 0.0730. The van der Waals surface area contributed by atoms with E-state index in [1.807, 2.05) is 68.1 Å². The zero-order chi connectivity index (χ0) is 23.8. The summed E-state index contributed by atoms with van der Waals surface area (Å²) in [6.45, 7) is 6.80. The molecule has 1 unspecified atom stereocenters. The number of amides is 1. The zero-order valence-electron chi connectivity index (χ0n) is 19.4. The molecule has 4 aromatic rings. The quantitative estimate of drug-likeness (QED) is 0.431. The van der Waals surface area contributed by atoms with Gasteiger partial charge < -0.3 is 14.7 Å². The summed E-state index contributed by atoms with van der Waals surface area (Å²) in [6, 6.07) is 15.0. The number of benzene rings is 2. The van der Waals surface area contributed by atoms with Crippen molar-refractivity contribution >= 4 is 5.91 Å². The number of aromatic nitrogens is 3. The van der Waals surface area contributed by atoms with Crippen LogP contribution in [0.15, 0.2) is 60.9 Å². The third-order valence-electron chi connectivity index (χ3n) is 6.14. The van der Waals surface area contributed by atoms with Crippen molar-refractivity contribution in [2.45, 2.75) is 33.4 Å². The van der Waals surface area contributed by atoms with E-state index in [1.165, 1.54) is 0 Å². The fraction of sp³-hybridized carbons (Fsp3) is 0.222. The Morgan fingerprint density at radius 1 is 1.15 bits per heavy atom. The third-order valence-corrected chi connectivity index (χ3v) is 6.14. The van der Waals surface area contributed by atoms with Crippen molar-refractivity contribution in [3.8, 4) is 22.8 Å². The van der Waals surface area contributed by atoms with Crippen LogP contribution in [0.3, 0.4) is 0 Å². The molecule has 7 heteroatoms. The van der Waals surface area contributed by atoms with Gasteiger partial charge in [0.2, 0.25) is 0 Å². The molecule has 3 heterocycles. The molecule has 2 N–H and O–H groups in total. The number of aromatic amines is 1. The Hall–Kier alpha value is -4.13. The molecule has 0 bridgehead atoms. The van der Waals surface area contributed by atoms with Gasteiger partial charge in [0.15, 0.2) is 0 Å². The Bertz CT molecular complexity index is 1320. The maximum absolute atomic E-state index is 13.6. The first-order valence-electron chi connectivity index (χ1n) is 11.3. The molecule has 172 valence electrons. The SMILES string of the molecule is CCOc1ccc(C2c3c(-c4c(C)cc(C)cc4O)n[nH]c3C(=O)N2Cc2cccnc2)cc1. The van der Waals surface area contributed by atoms with E-state index in [0.717, 1.165) is 33.6 Å². The largest absolute Gasteiger partial charge is 0.507 e. The number of phenols is 1. The first kappa shape index (κ1) is 21.7. The van der Waals surface area contributed by atoms with Crippen LogP contribution in [-0.2, 0) is 6.54 Å². The summed E-state index contributed by atoms with van der Waals surface area (Å²) >= 11 is 0. The second-order valence-corrected chi connectivity index (χ2v) is 8.54. The topological polar surface area (TPSA) is 91.3 Å². The van der Waals surface area contributed by atoms with Gasteiger partial charge >= 0.3 is 0 Å². The van der Waals surface area contributed by atoms with Crippen LogP contribution in [0.2, 0.25) is 0 Å². The number of rotatable bonds is 6. The van der Waals surface area contributed by atoms with Gasteiger partial charge in [-0.25, -0.2) is 0 Å².